The number of halogens is 1. The second kappa shape index (κ2) is 5.84. The van der Waals surface area contributed by atoms with Gasteiger partial charge in [0, 0.05) is 19.7 Å². The fourth-order valence-corrected chi connectivity index (χ4v) is 2.52. The van der Waals surface area contributed by atoms with E-state index < -0.39 is 0 Å². The first kappa shape index (κ1) is 13.5. The van der Waals surface area contributed by atoms with Crippen molar-refractivity contribution in [3.63, 3.8) is 0 Å². The molecule has 1 aromatic rings. The summed E-state index contributed by atoms with van der Waals surface area (Å²) in [5.74, 6) is 1.62. The average Bonchev–Trinajstić information content (AvgIpc) is 2.78. The third-order valence-corrected chi connectivity index (χ3v) is 3.82. The van der Waals surface area contributed by atoms with E-state index in [2.05, 4.69) is 43.5 Å². The van der Waals surface area contributed by atoms with Crippen LogP contribution in [0.1, 0.15) is 26.7 Å². The molecule has 1 aromatic heterocycles. The van der Waals surface area contributed by atoms with Crippen LogP contribution in [0.15, 0.2) is 10.8 Å². The highest BCUT2D eigenvalue weighted by Crippen LogP contribution is 2.29. The van der Waals surface area contributed by atoms with E-state index in [9.17, 15) is 0 Å². The van der Waals surface area contributed by atoms with E-state index in [1.165, 1.54) is 0 Å². The number of hydrogen-bond donors (Lipinski definition) is 2. The minimum atomic E-state index is -0.0806. The van der Waals surface area contributed by atoms with Crippen molar-refractivity contribution < 1.29 is 4.74 Å². The van der Waals surface area contributed by atoms with Crippen LogP contribution in [0.2, 0.25) is 0 Å². The SMILES string of the molecule is CCNc1ncnc(NCC2(C)CCCO2)c1Br. The predicted molar refractivity (Wildman–Crippen MR) is 76.0 cm³/mol. The Morgan fingerprint density at radius 2 is 2.11 bits per heavy atom. The van der Waals surface area contributed by atoms with E-state index in [1.54, 1.807) is 6.33 Å². The quantitative estimate of drug-likeness (QED) is 0.875. The van der Waals surface area contributed by atoms with Gasteiger partial charge in [-0.15, -0.1) is 0 Å². The molecule has 18 heavy (non-hydrogen) atoms. The van der Waals surface area contributed by atoms with Gasteiger partial charge in [-0.3, -0.25) is 0 Å². The average molecular weight is 315 g/mol. The van der Waals surface area contributed by atoms with Crippen molar-refractivity contribution in [1.82, 2.24) is 9.97 Å². The Kier molecular flexibility index (Phi) is 4.40. The fraction of sp³-hybridized carbons (Fsp3) is 0.667. The fourth-order valence-electron chi connectivity index (χ4n) is 2.03. The molecular weight excluding hydrogens is 296 g/mol. The molecule has 5 nitrogen and oxygen atoms in total. The Morgan fingerprint density at radius 3 is 2.72 bits per heavy atom. The van der Waals surface area contributed by atoms with Crippen LogP contribution in [0.4, 0.5) is 11.6 Å². The lowest BCUT2D eigenvalue weighted by molar-refractivity contribution is 0.0314. The topological polar surface area (TPSA) is 59.1 Å². The van der Waals surface area contributed by atoms with Crippen LogP contribution in [-0.2, 0) is 4.74 Å². The summed E-state index contributed by atoms with van der Waals surface area (Å²) < 4.78 is 6.61. The molecule has 1 aliphatic heterocycles. The van der Waals surface area contributed by atoms with Gasteiger partial charge in [0.1, 0.15) is 22.4 Å². The molecule has 6 heteroatoms. The number of ether oxygens (including phenoxy) is 1. The summed E-state index contributed by atoms with van der Waals surface area (Å²) in [7, 11) is 0. The van der Waals surface area contributed by atoms with Crippen molar-refractivity contribution in [2.45, 2.75) is 32.3 Å². The summed E-state index contributed by atoms with van der Waals surface area (Å²) in [6.07, 6.45) is 3.78. The van der Waals surface area contributed by atoms with E-state index in [0.717, 1.165) is 48.6 Å². The Labute approximate surface area is 116 Å². The smallest absolute Gasteiger partial charge is 0.146 e. The highest BCUT2D eigenvalue weighted by molar-refractivity contribution is 9.10. The second-order valence-electron chi connectivity index (χ2n) is 4.67. The molecule has 0 saturated carbocycles. The highest BCUT2D eigenvalue weighted by atomic mass is 79.9. The lowest BCUT2D eigenvalue weighted by atomic mass is 10.0. The molecule has 0 aromatic carbocycles. The van der Waals surface area contributed by atoms with Crippen LogP contribution < -0.4 is 10.6 Å². The van der Waals surface area contributed by atoms with Crippen molar-refractivity contribution in [2.24, 2.45) is 0 Å². The van der Waals surface area contributed by atoms with Gasteiger partial charge in [-0.2, -0.15) is 0 Å². The summed E-state index contributed by atoms with van der Waals surface area (Å²) in [5, 5.41) is 6.52. The number of aromatic nitrogens is 2. The summed E-state index contributed by atoms with van der Waals surface area (Å²) in [4.78, 5) is 8.43. The predicted octanol–water partition coefficient (Wildman–Crippen LogP) is 2.65. The molecule has 1 unspecified atom stereocenters. The Morgan fingerprint density at radius 1 is 1.39 bits per heavy atom. The van der Waals surface area contributed by atoms with E-state index in [1.807, 2.05) is 6.92 Å². The second-order valence-corrected chi connectivity index (χ2v) is 5.46. The van der Waals surface area contributed by atoms with E-state index in [4.69, 9.17) is 4.74 Å². The Bertz CT molecular complexity index is 407. The molecule has 0 radical (unpaired) electrons. The van der Waals surface area contributed by atoms with E-state index in [0.29, 0.717) is 0 Å². The number of hydrogen-bond acceptors (Lipinski definition) is 5. The summed E-state index contributed by atoms with van der Waals surface area (Å²) in [6, 6.07) is 0. The molecule has 2 rings (SSSR count). The monoisotopic (exact) mass is 314 g/mol. The van der Waals surface area contributed by atoms with E-state index >= 15 is 0 Å². The van der Waals surface area contributed by atoms with Crippen molar-refractivity contribution in [3.8, 4) is 0 Å². The lowest BCUT2D eigenvalue weighted by Gasteiger charge is -2.24. The minimum Gasteiger partial charge on any atom is -0.373 e. The van der Waals surface area contributed by atoms with Gasteiger partial charge in [0.05, 0.1) is 5.60 Å². The van der Waals surface area contributed by atoms with Crippen LogP contribution in [0, 0.1) is 0 Å². The van der Waals surface area contributed by atoms with Gasteiger partial charge in [0.15, 0.2) is 0 Å². The van der Waals surface area contributed by atoms with Crippen molar-refractivity contribution >= 4 is 27.6 Å². The van der Waals surface area contributed by atoms with Crippen LogP contribution in [0.3, 0.4) is 0 Å². The molecule has 1 aliphatic rings. The molecule has 2 heterocycles. The summed E-state index contributed by atoms with van der Waals surface area (Å²) in [5.41, 5.74) is -0.0806. The number of nitrogens with one attached hydrogen (secondary N) is 2. The van der Waals surface area contributed by atoms with Gasteiger partial charge in [0.2, 0.25) is 0 Å². The number of anilines is 2. The maximum Gasteiger partial charge on any atom is 0.146 e. The molecule has 1 atom stereocenters. The maximum absolute atomic E-state index is 5.74. The van der Waals surface area contributed by atoms with E-state index in [-0.39, 0.29) is 5.60 Å². The normalized spacial score (nSPS) is 23.1. The van der Waals surface area contributed by atoms with Crippen LogP contribution >= 0.6 is 15.9 Å². The van der Waals surface area contributed by atoms with Crippen LogP contribution in [0.5, 0.6) is 0 Å². The van der Waals surface area contributed by atoms with Crippen molar-refractivity contribution in [3.05, 3.63) is 10.8 Å². The zero-order valence-corrected chi connectivity index (χ0v) is 12.4. The van der Waals surface area contributed by atoms with Gasteiger partial charge in [-0.05, 0) is 42.6 Å². The first-order valence-electron chi connectivity index (χ1n) is 6.27. The molecule has 1 saturated heterocycles. The molecular formula is C12H19BrN4O. The molecule has 0 bridgehead atoms. The standard InChI is InChI=1S/C12H19BrN4O/c1-3-14-10-9(13)11(17-8-16-10)15-7-12(2)5-4-6-18-12/h8H,3-7H2,1-2H3,(H2,14,15,16,17). The largest absolute Gasteiger partial charge is 0.373 e. The third-order valence-electron chi connectivity index (χ3n) is 3.06. The van der Waals surface area contributed by atoms with Gasteiger partial charge in [-0.25, -0.2) is 9.97 Å². The molecule has 0 aliphatic carbocycles. The van der Waals surface area contributed by atoms with Gasteiger partial charge < -0.3 is 15.4 Å². The first-order valence-corrected chi connectivity index (χ1v) is 7.06. The minimum absolute atomic E-state index is 0.0806. The zero-order chi connectivity index (χ0) is 13.0. The van der Waals surface area contributed by atoms with Crippen LogP contribution in [-0.4, -0.2) is 35.3 Å². The highest BCUT2D eigenvalue weighted by Gasteiger charge is 2.29. The molecule has 0 amide bonds. The number of nitrogens with zero attached hydrogens (tertiary/aromatic N) is 2. The van der Waals surface area contributed by atoms with Crippen molar-refractivity contribution in [2.75, 3.05) is 30.3 Å². The lowest BCUT2D eigenvalue weighted by Crippen LogP contribution is -2.32. The van der Waals surface area contributed by atoms with Crippen molar-refractivity contribution in [1.29, 1.82) is 0 Å². The van der Waals surface area contributed by atoms with Gasteiger partial charge >= 0.3 is 0 Å². The molecule has 2 N–H and O–H groups in total. The summed E-state index contributed by atoms with van der Waals surface area (Å²) >= 11 is 3.52. The Hall–Kier alpha value is -0.880. The zero-order valence-electron chi connectivity index (χ0n) is 10.8. The van der Waals surface area contributed by atoms with Gasteiger partial charge in [0.25, 0.3) is 0 Å². The third kappa shape index (κ3) is 3.11. The summed E-state index contributed by atoms with van der Waals surface area (Å²) in [6.45, 7) is 6.61. The molecule has 1 fully saturated rings. The van der Waals surface area contributed by atoms with Gasteiger partial charge in [-0.1, -0.05) is 0 Å². The maximum atomic E-state index is 5.74. The molecule has 100 valence electrons. The molecule has 0 spiro atoms. The van der Waals surface area contributed by atoms with Crippen LogP contribution in [0.25, 0.3) is 0 Å². The number of rotatable bonds is 5. The first-order chi connectivity index (χ1) is 8.64. The Balaban J connectivity index is 2.02.